The Labute approximate surface area is 86.8 Å². The summed E-state index contributed by atoms with van der Waals surface area (Å²) in [6.07, 6.45) is 0. The van der Waals surface area contributed by atoms with Gasteiger partial charge in [-0.2, -0.15) is 0 Å². The normalized spacial score (nSPS) is 22.3. The molecule has 1 aliphatic heterocycles. The Morgan fingerprint density at radius 2 is 2.13 bits per heavy atom. The van der Waals surface area contributed by atoms with E-state index in [4.69, 9.17) is 0 Å². The van der Waals surface area contributed by atoms with Crippen LogP contribution in [-0.4, -0.2) is 19.1 Å². The predicted octanol–water partition coefficient (Wildman–Crippen LogP) is 1.49. The molecule has 0 fully saturated rings. The molecule has 0 radical (unpaired) electrons. The van der Waals surface area contributed by atoms with Gasteiger partial charge >= 0.3 is 0 Å². The second kappa shape index (κ2) is 3.03. The summed E-state index contributed by atoms with van der Waals surface area (Å²) >= 11 is 0. The fraction of sp³-hybridized carbons (Fsp3) is 0.333. The molecule has 0 amide bonds. The second-order valence-electron chi connectivity index (χ2n) is 3.66. The van der Waals surface area contributed by atoms with Crippen LogP contribution in [0.5, 0.6) is 0 Å². The van der Waals surface area contributed by atoms with E-state index in [0.29, 0.717) is 5.56 Å². The van der Waals surface area contributed by atoms with Gasteiger partial charge in [-0.3, -0.25) is 10.1 Å². The molecule has 0 spiro atoms. The van der Waals surface area contributed by atoms with Crippen molar-refractivity contribution < 1.29 is 13.3 Å². The van der Waals surface area contributed by atoms with Crippen LogP contribution in [-0.2, 0) is 9.84 Å². The number of benzene rings is 1. The number of fused-ring (bicyclic) bond motifs is 1. The minimum absolute atomic E-state index is 0.0451. The maximum Gasteiger partial charge on any atom is 0.270 e. The molecule has 1 atom stereocenters. The zero-order chi connectivity index (χ0) is 11.2. The van der Waals surface area contributed by atoms with Crippen LogP contribution >= 0.6 is 0 Å². The predicted molar refractivity (Wildman–Crippen MR) is 53.6 cm³/mol. The van der Waals surface area contributed by atoms with Crippen molar-refractivity contribution in [3.63, 3.8) is 0 Å². The maximum absolute atomic E-state index is 11.6. The van der Waals surface area contributed by atoms with Crippen molar-refractivity contribution in [2.45, 2.75) is 17.7 Å². The number of nitro groups is 1. The number of rotatable bonds is 1. The number of nitro benzene ring substituents is 1. The first-order chi connectivity index (χ1) is 6.92. The van der Waals surface area contributed by atoms with E-state index in [-0.39, 0.29) is 22.3 Å². The first-order valence-corrected chi connectivity index (χ1v) is 6.08. The van der Waals surface area contributed by atoms with Crippen molar-refractivity contribution in [1.29, 1.82) is 0 Å². The number of hydrogen-bond acceptors (Lipinski definition) is 4. The minimum Gasteiger partial charge on any atom is -0.258 e. The molecule has 0 bridgehead atoms. The van der Waals surface area contributed by atoms with Crippen LogP contribution in [0.25, 0.3) is 0 Å². The van der Waals surface area contributed by atoms with E-state index in [1.165, 1.54) is 12.1 Å². The highest BCUT2D eigenvalue weighted by Gasteiger charge is 2.33. The summed E-state index contributed by atoms with van der Waals surface area (Å²) in [5.74, 6) is -0.0328. The molecular weight excluding hydrogens is 218 g/mol. The van der Waals surface area contributed by atoms with E-state index in [0.717, 1.165) is 6.07 Å². The summed E-state index contributed by atoms with van der Waals surface area (Å²) in [7, 11) is -3.32. The first kappa shape index (κ1) is 10.1. The van der Waals surface area contributed by atoms with Gasteiger partial charge in [0.1, 0.15) is 0 Å². The Balaban J connectivity index is 2.68. The zero-order valence-electron chi connectivity index (χ0n) is 8.00. The summed E-state index contributed by atoms with van der Waals surface area (Å²) in [5, 5.41) is 10.5. The quantitative estimate of drug-likeness (QED) is 0.538. The van der Waals surface area contributed by atoms with Gasteiger partial charge in [-0.1, -0.05) is 13.0 Å². The Kier molecular flexibility index (Phi) is 2.04. The van der Waals surface area contributed by atoms with Crippen LogP contribution < -0.4 is 0 Å². The molecule has 0 saturated carbocycles. The Morgan fingerprint density at radius 3 is 2.73 bits per heavy atom. The maximum atomic E-state index is 11.6. The molecule has 6 heteroatoms. The van der Waals surface area contributed by atoms with E-state index < -0.39 is 14.8 Å². The second-order valence-corrected chi connectivity index (χ2v) is 5.66. The lowest BCUT2D eigenvalue weighted by molar-refractivity contribution is -0.385. The Bertz CT molecular complexity index is 535. The van der Waals surface area contributed by atoms with Crippen LogP contribution in [0.1, 0.15) is 18.4 Å². The van der Waals surface area contributed by atoms with Crippen LogP contribution in [0.4, 0.5) is 5.69 Å². The van der Waals surface area contributed by atoms with Gasteiger partial charge in [0.05, 0.1) is 15.6 Å². The molecule has 1 aliphatic rings. The van der Waals surface area contributed by atoms with Gasteiger partial charge in [-0.25, -0.2) is 8.42 Å². The van der Waals surface area contributed by atoms with Gasteiger partial charge in [0.25, 0.3) is 5.69 Å². The minimum atomic E-state index is -3.32. The van der Waals surface area contributed by atoms with Crippen LogP contribution in [0.3, 0.4) is 0 Å². The third kappa shape index (κ3) is 1.50. The standard InChI is InChI=1S/C9H9NO4S/c1-6-5-15(13,14)9-4-7(10(11)12)2-3-8(6)9/h2-4,6H,5H2,1H3. The van der Waals surface area contributed by atoms with E-state index in [1.807, 2.05) is 0 Å². The average molecular weight is 227 g/mol. The van der Waals surface area contributed by atoms with Crippen molar-refractivity contribution in [3.8, 4) is 0 Å². The van der Waals surface area contributed by atoms with Gasteiger partial charge < -0.3 is 0 Å². The van der Waals surface area contributed by atoms with E-state index in [2.05, 4.69) is 0 Å². The van der Waals surface area contributed by atoms with Gasteiger partial charge in [0.2, 0.25) is 0 Å². The highest BCUT2D eigenvalue weighted by molar-refractivity contribution is 7.91. The summed E-state index contributed by atoms with van der Waals surface area (Å²) in [5.41, 5.74) is 0.507. The molecule has 0 aliphatic carbocycles. The highest BCUT2D eigenvalue weighted by Crippen LogP contribution is 2.36. The fourth-order valence-corrected chi connectivity index (χ4v) is 3.77. The molecular formula is C9H9NO4S. The summed E-state index contributed by atoms with van der Waals surface area (Å²) in [6.45, 7) is 1.80. The van der Waals surface area contributed by atoms with E-state index in [9.17, 15) is 18.5 Å². The first-order valence-electron chi connectivity index (χ1n) is 4.43. The molecule has 1 aromatic carbocycles. The largest absolute Gasteiger partial charge is 0.270 e. The van der Waals surface area contributed by atoms with Crippen molar-refractivity contribution in [1.82, 2.24) is 0 Å². The molecule has 1 unspecified atom stereocenters. The van der Waals surface area contributed by atoms with Crippen LogP contribution in [0.15, 0.2) is 23.1 Å². The third-order valence-electron chi connectivity index (χ3n) is 2.54. The number of nitrogens with zero attached hydrogens (tertiary/aromatic N) is 1. The monoisotopic (exact) mass is 227 g/mol. The summed E-state index contributed by atoms with van der Waals surface area (Å²) in [6, 6.07) is 4.02. The van der Waals surface area contributed by atoms with E-state index >= 15 is 0 Å². The van der Waals surface area contributed by atoms with Crippen molar-refractivity contribution in [3.05, 3.63) is 33.9 Å². The zero-order valence-corrected chi connectivity index (χ0v) is 8.82. The van der Waals surface area contributed by atoms with Crippen molar-refractivity contribution in [2.75, 3.05) is 5.75 Å². The fourth-order valence-electron chi connectivity index (χ4n) is 1.82. The molecule has 2 rings (SSSR count). The van der Waals surface area contributed by atoms with Crippen LogP contribution in [0, 0.1) is 10.1 Å². The summed E-state index contributed by atoms with van der Waals surface area (Å²) in [4.78, 5) is 10.0. The van der Waals surface area contributed by atoms with Crippen LogP contribution in [0.2, 0.25) is 0 Å². The van der Waals surface area contributed by atoms with Crippen molar-refractivity contribution in [2.24, 2.45) is 0 Å². The van der Waals surface area contributed by atoms with E-state index in [1.54, 1.807) is 6.92 Å². The third-order valence-corrected chi connectivity index (χ3v) is 4.51. The number of hydrogen-bond donors (Lipinski definition) is 0. The average Bonchev–Trinajstić information content (AvgIpc) is 2.37. The summed E-state index contributed by atoms with van der Waals surface area (Å²) < 4.78 is 23.2. The lowest BCUT2D eigenvalue weighted by Gasteiger charge is -2.00. The molecule has 1 aromatic rings. The molecule has 5 nitrogen and oxygen atoms in total. The van der Waals surface area contributed by atoms with Gasteiger partial charge in [-0.15, -0.1) is 0 Å². The topological polar surface area (TPSA) is 77.3 Å². The molecule has 0 saturated heterocycles. The molecule has 15 heavy (non-hydrogen) atoms. The van der Waals surface area contributed by atoms with Gasteiger partial charge in [0.15, 0.2) is 9.84 Å². The molecule has 0 aromatic heterocycles. The SMILES string of the molecule is CC1CS(=O)(=O)c2cc([N+](=O)[O-])ccc21. The molecule has 0 N–H and O–H groups in total. The number of sulfone groups is 1. The van der Waals surface area contributed by atoms with Crippen molar-refractivity contribution >= 4 is 15.5 Å². The number of non-ortho nitro benzene ring substituents is 1. The Hall–Kier alpha value is -1.43. The smallest absolute Gasteiger partial charge is 0.258 e. The lowest BCUT2D eigenvalue weighted by atomic mass is 10.0. The van der Waals surface area contributed by atoms with Gasteiger partial charge in [-0.05, 0) is 11.5 Å². The molecule has 80 valence electrons. The highest BCUT2D eigenvalue weighted by atomic mass is 32.2. The molecule has 1 heterocycles. The Morgan fingerprint density at radius 1 is 1.47 bits per heavy atom. The van der Waals surface area contributed by atoms with Gasteiger partial charge in [0, 0.05) is 12.1 Å². The lowest BCUT2D eigenvalue weighted by Crippen LogP contribution is -2.00.